The third kappa shape index (κ3) is 5.96. The van der Waals surface area contributed by atoms with E-state index in [0.29, 0.717) is 23.0 Å². The number of nitrogens with zero attached hydrogens (tertiary/aromatic N) is 2. The van der Waals surface area contributed by atoms with Gasteiger partial charge in [0.15, 0.2) is 0 Å². The number of alkyl halides is 3. The molecular formula is C15H13F3IN3O2S. The van der Waals surface area contributed by atoms with Gasteiger partial charge in [0.05, 0.1) is 30.5 Å². The topological polar surface area (TPSA) is 63.6 Å². The predicted molar refractivity (Wildman–Crippen MR) is 97.8 cm³/mol. The highest BCUT2D eigenvalue weighted by molar-refractivity contribution is 14.1. The first kappa shape index (κ1) is 19.6. The van der Waals surface area contributed by atoms with Gasteiger partial charge >= 0.3 is 12.1 Å². The van der Waals surface area contributed by atoms with Crippen molar-refractivity contribution >= 4 is 51.2 Å². The van der Waals surface area contributed by atoms with Crippen molar-refractivity contribution in [3.63, 3.8) is 0 Å². The van der Waals surface area contributed by atoms with Gasteiger partial charge in [-0.25, -0.2) is 4.98 Å². The summed E-state index contributed by atoms with van der Waals surface area (Å²) >= 11 is 2.90. The molecule has 0 radical (unpaired) electrons. The third-order valence-corrected chi connectivity index (χ3v) is 4.54. The number of carbonyl (C=O) groups is 1. The smallest absolute Gasteiger partial charge is 0.417 e. The number of nitrogens with one attached hydrogen (secondary N) is 1. The zero-order valence-electron chi connectivity index (χ0n) is 12.9. The lowest BCUT2D eigenvalue weighted by Crippen LogP contribution is -2.07. The highest BCUT2D eigenvalue weighted by Crippen LogP contribution is 2.32. The normalized spacial score (nSPS) is 11.7. The summed E-state index contributed by atoms with van der Waals surface area (Å²) in [5.74, 6) is -0.359. The van der Waals surface area contributed by atoms with Crippen LogP contribution in [0.25, 0.3) is 0 Å². The van der Waals surface area contributed by atoms with Crippen LogP contribution in [0.3, 0.4) is 0 Å². The van der Waals surface area contributed by atoms with Gasteiger partial charge in [-0.05, 0) is 47.2 Å². The molecule has 1 N–H and O–H groups in total. The summed E-state index contributed by atoms with van der Waals surface area (Å²) in [6.07, 6.45) is -2.90. The van der Waals surface area contributed by atoms with E-state index in [-0.39, 0.29) is 16.0 Å². The predicted octanol–water partition coefficient (Wildman–Crippen LogP) is 4.32. The Morgan fingerprint density at radius 2 is 2.24 bits per heavy atom. The second kappa shape index (κ2) is 8.61. The Morgan fingerprint density at radius 3 is 2.88 bits per heavy atom. The van der Waals surface area contributed by atoms with Gasteiger partial charge in [-0.15, -0.1) is 11.3 Å². The van der Waals surface area contributed by atoms with Crippen LogP contribution in [-0.4, -0.2) is 23.8 Å². The molecule has 2 rings (SSSR count). The number of thiazole rings is 1. The molecule has 0 aliphatic carbocycles. The molecule has 0 aliphatic rings. The summed E-state index contributed by atoms with van der Waals surface area (Å²) < 4.78 is 43.0. The summed E-state index contributed by atoms with van der Waals surface area (Å²) in [6, 6.07) is 3.75. The second-order valence-corrected chi connectivity index (χ2v) is 6.75. The number of hydrogen-bond donors (Lipinski definition) is 1. The van der Waals surface area contributed by atoms with Crippen LogP contribution in [0.5, 0.6) is 0 Å². The van der Waals surface area contributed by atoms with Crippen LogP contribution in [-0.2, 0) is 22.1 Å². The summed E-state index contributed by atoms with van der Waals surface area (Å²) in [6.45, 7) is 2.04. The molecule has 1 aromatic carbocycles. The number of halogens is 4. The number of hydrazone groups is 1. The molecule has 25 heavy (non-hydrogen) atoms. The molecule has 0 saturated heterocycles. The van der Waals surface area contributed by atoms with Crippen LogP contribution in [0.4, 0.5) is 18.3 Å². The van der Waals surface area contributed by atoms with Gasteiger partial charge < -0.3 is 4.74 Å². The van der Waals surface area contributed by atoms with Crippen molar-refractivity contribution in [3.05, 3.63) is 44.0 Å². The largest absolute Gasteiger partial charge is 0.466 e. The van der Waals surface area contributed by atoms with Gasteiger partial charge in [0.1, 0.15) is 0 Å². The van der Waals surface area contributed by atoms with E-state index >= 15 is 0 Å². The van der Waals surface area contributed by atoms with E-state index in [1.807, 2.05) is 0 Å². The van der Waals surface area contributed by atoms with Gasteiger partial charge in [0.2, 0.25) is 5.13 Å². The molecule has 5 nitrogen and oxygen atoms in total. The van der Waals surface area contributed by atoms with Crippen LogP contribution in [0.2, 0.25) is 0 Å². The molecule has 10 heteroatoms. The SMILES string of the molecule is CCOC(=O)Cc1csc(NN=Cc2ccc(C(F)(F)F)c(I)c2)n1. The van der Waals surface area contributed by atoms with E-state index < -0.39 is 11.7 Å². The molecular weight excluding hydrogens is 470 g/mol. The maximum Gasteiger partial charge on any atom is 0.417 e. The summed E-state index contributed by atoms with van der Waals surface area (Å²) in [5, 5.41) is 6.12. The van der Waals surface area contributed by atoms with E-state index in [0.717, 1.165) is 6.07 Å². The van der Waals surface area contributed by atoms with Crippen LogP contribution in [0.15, 0.2) is 28.7 Å². The van der Waals surface area contributed by atoms with Crippen molar-refractivity contribution < 1.29 is 22.7 Å². The average Bonchev–Trinajstić information content (AvgIpc) is 2.93. The molecule has 0 fully saturated rings. The van der Waals surface area contributed by atoms with Crippen molar-refractivity contribution in [3.8, 4) is 0 Å². The van der Waals surface area contributed by atoms with E-state index in [1.165, 1.54) is 29.7 Å². The molecule has 0 spiro atoms. The lowest BCUT2D eigenvalue weighted by molar-refractivity contribution is -0.142. The van der Waals surface area contributed by atoms with Crippen molar-refractivity contribution in [2.45, 2.75) is 19.5 Å². The van der Waals surface area contributed by atoms with Crippen LogP contribution >= 0.6 is 33.9 Å². The van der Waals surface area contributed by atoms with Gasteiger partial charge in [-0.1, -0.05) is 6.07 Å². The molecule has 2 aromatic rings. The van der Waals surface area contributed by atoms with Gasteiger partial charge in [-0.2, -0.15) is 18.3 Å². The van der Waals surface area contributed by atoms with Gasteiger partial charge in [0.25, 0.3) is 0 Å². The second-order valence-electron chi connectivity index (χ2n) is 4.73. The van der Waals surface area contributed by atoms with Crippen LogP contribution < -0.4 is 5.43 Å². The van der Waals surface area contributed by atoms with Gasteiger partial charge in [0, 0.05) is 8.95 Å². The zero-order valence-corrected chi connectivity index (χ0v) is 15.9. The highest BCUT2D eigenvalue weighted by atomic mass is 127. The fraction of sp³-hybridized carbons (Fsp3) is 0.267. The quantitative estimate of drug-likeness (QED) is 0.288. The number of aromatic nitrogens is 1. The van der Waals surface area contributed by atoms with Crippen molar-refractivity contribution in [2.75, 3.05) is 12.0 Å². The molecule has 1 aromatic heterocycles. The van der Waals surface area contributed by atoms with E-state index in [9.17, 15) is 18.0 Å². The summed E-state index contributed by atoms with van der Waals surface area (Å²) in [7, 11) is 0. The number of esters is 1. The molecule has 1 heterocycles. The molecule has 0 aliphatic heterocycles. The minimum atomic E-state index is -4.37. The molecule has 0 unspecified atom stereocenters. The number of ether oxygens (including phenoxy) is 1. The Balaban J connectivity index is 1.96. The fourth-order valence-corrected chi connectivity index (χ4v) is 3.31. The Morgan fingerprint density at radius 1 is 1.48 bits per heavy atom. The lowest BCUT2D eigenvalue weighted by Gasteiger charge is -2.09. The first-order valence-electron chi connectivity index (χ1n) is 7.05. The zero-order chi connectivity index (χ0) is 18.4. The summed E-state index contributed by atoms with van der Waals surface area (Å²) in [4.78, 5) is 15.5. The minimum Gasteiger partial charge on any atom is -0.466 e. The number of anilines is 1. The van der Waals surface area contributed by atoms with E-state index in [1.54, 1.807) is 34.9 Å². The standard InChI is InChI=1S/C15H13F3IN3O2S/c1-2-24-13(23)6-10-8-25-14(21-10)22-20-7-9-3-4-11(12(19)5-9)15(16,17)18/h3-5,7-8H,2,6H2,1H3,(H,21,22). The van der Waals surface area contributed by atoms with Gasteiger partial charge in [-0.3, -0.25) is 10.2 Å². The number of carbonyl (C=O) groups excluding carboxylic acids is 1. The number of hydrogen-bond acceptors (Lipinski definition) is 6. The van der Waals surface area contributed by atoms with Crippen molar-refractivity contribution in [2.24, 2.45) is 5.10 Å². The summed E-state index contributed by atoms with van der Waals surface area (Å²) in [5.41, 5.74) is 3.09. The van der Waals surface area contributed by atoms with E-state index in [4.69, 9.17) is 4.74 Å². The molecule has 0 saturated carbocycles. The Labute approximate surface area is 159 Å². The van der Waals surface area contributed by atoms with Crippen molar-refractivity contribution in [1.29, 1.82) is 0 Å². The Bertz CT molecular complexity index is 778. The Hall–Kier alpha value is -1.69. The first-order chi connectivity index (χ1) is 11.8. The van der Waals surface area contributed by atoms with E-state index in [2.05, 4.69) is 15.5 Å². The molecule has 0 amide bonds. The Kier molecular flexibility index (Phi) is 6.76. The maximum atomic E-state index is 12.7. The highest BCUT2D eigenvalue weighted by Gasteiger charge is 2.32. The van der Waals surface area contributed by atoms with Crippen LogP contribution in [0.1, 0.15) is 23.7 Å². The number of benzene rings is 1. The van der Waals surface area contributed by atoms with Crippen LogP contribution in [0, 0.1) is 3.57 Å². The monoisotopic (exact) mass is 483 g/mol. The third-order valence-electron chi connectivity index (χ3n) is 2.85. The average molecular weight is 483 g/mol. The van der Waals surface area contributed by atoms with Crippen molar-refractivity contribution in [1.82, 2.24) is 4.98 Å². The molecule has 134 valence electrons. The number of rotatable bonds is 6. The molecule has 0 bridgehead atoms. The maximum absolute atomic E-state index is 12.7. The first-order valence-corrected chi connectivity index (χ1v) is 9.01. The lowest BCUT2D eigenvalue weighted by atomic mass is 10.1. The fourth-order valence-electron chi connectivity index (χ4n) is 1.80. The minimum absolute atomic E-state index is 0.0762. The molecule has 0 atom stereocenters.